The number of rotatable bonds is 5. The van der Waals surface area contributed by atoms with Crippen LogP contribution in [0.1, 0.15) is 0 Å². The minimum absolute atomic E-state index is 0. The maximum Gasteiger partial charge on any atom is 0.238 e. The van der Waals surface area contributed by atoms with Crippen LogP contribution in [0.2, 0.25) is 0 Å². The van der Waals surface area contributed by atoms with Crippen molar-refractivity contribution >= 4 is 36.4 Å². The average molecular weight is 353 g/mol. The van der Waals surface area contributed by atoms with Crippen LogP contribution in [-0.4, -0.2) is 61.5 Å². The molecule has 126 valence electrons. The number of hydrogen-bond acceptors (Lipinski definition) is 4. The van der Waals surface area contributed by atoms with E-state index in [1.54, 1.807) is 12.1 Å². The second-order valence-electron chi connectivity index (χ2n) is 4.96. The Hall–Kier alpha value is -0.920. The second-order valence-corrected chi connectivity index (χ2v) is 4.96. The van der Waals surface area contributed by atoms with Gasteiger partial charge in [-0.15, -0.1) is 24.8 Å². The highest BCUT2D eigenvalue weighted by atomic mass is 35.5. The maximum absolute atomic E-state index is 12.8. The summed E-state index contributed by atoms with van der Waals surface area (Å²) in [4.78, 5) is 16.3. The van der Waals surface area contributed by atoms with E-state index in [2.05, 4.69) is 15.1 Å². The van der Waals surface area contributed by atoms with Crippen LogP contribution in [0.15, 0.2) is 24.3 Å². The van der Waals surface area contributed by atoms with Gasteiger partial charge in [-0.05, 0) is 24.3 Å². The molecule has 0 spiro atoms. The Bertz CT molecular complexity index is 439. The zero-order valence-electron chi connectivity index (χ0n) is 12.3. The Morgan fingerprint density at radius 2 is 1.64 bits per heavy atom. The molecule has 0 unspecified atom stereocenters. The van der Waals surface area contributed by atoms with Crippen LogP contribution in [-0.2, 0) is 4.79 Å². The summed E-state index contributed by atoms with van der Waals surface area (Å²) in [7, 11) is 0. The van der Waals surface area contributed by atoms with E-state index in [4.69, 9.17) is 5.73 Å². The summed E-state index contributed by atoms with van der Waals surface area (Å²) in [6, 6.07) is 5.79. The van der Waals surface area contributed by atoms with E-state index in [0.717, 1.165) is 32.7 Å². The SMILES string of the molecule is Cl.Cl.NCCN1CCN(CC(=O)Nc2ccc(F)cc2)CC1. The highest BCUT2D eigenvalue weighted by molar-refractivity contribution is 5.92. The fourth-order valence-corrected chi connectivity index (χ4v) is 2.29. The molecule has 1 amide bonds. The van der Waals surface area contributed by atoms with Gasteiger partial charge in [-0.2, -0.15) is 0 Å². The van der Waals surface area contributed by atoms with Crippen molar-refractivity contribution in [2.45, 2.75) is 0 Å². The van der Waals surface area contributed by atoms with E-state index in [0.29, 0.717) is 18.8 Å². The Morgan fingerprint density at radius 1 is 1.09 bits per heavy atom. The molecule has 8 heteroatoms. The molecule has 1 aliphatic rings. The van der Waals surface area contributed by atoms with Crippen molar-refractivity contribution in [2.24, 2.45) is 5.73 Å². The summed E-state index contributed by atoms with van der Waals surface area (Å²) in [6.45, 7) is 5.59. The molecule has 0 radical (unpaired) electrons. The van der Waals surface area contributed by atoms with Crippen molar-refractivity contribution in [3.8, 4) is 0 Å². The molecule has 1 fully saturated rings. The molecule has 22 heavy (non-hydrogen) atoms. The maximum atomic E-state index is 12.8. The molecule has 0 atom stereocenters. The van der Waals surface area contributed by atoms with Crippen molar-refractivity contribution in [1.82, 2.24) is 9.80 Å². The Balaban J connectivity index is 0.00000220. The zero-order valence-corrected chi connectivity index (χ0v) is 14.0. The van der Waals surface area contributed by atoms with E-state index in [1.807, 2.05) is 0 Å². The molecule has 5 nitrogen and oxygen atoms in total. The second kappa shape index (κ2) is 10.7. The number of benzene rings is 1. The predicted molar refractivity (Wildman–Crippen MR) is 91.5 cm³/mol. The monoisotopic (exact) mass is 352 g/mol. The van der Waals surface area contributed by atoms with Gasteiger partial charge in [-0.3, -0.25) is 14.6 Å². The number of carbonyl (C=O) groups is 1. The number of piperazine rings is 1. The number of carbonyl (C=O) groups excluding carboxylic acids is 1. The van der Waals surface area contributed by atoms with Gasteiger partial charge in [0.1, 0.15) is 5.82 Å². The molecule has 1 saturated heterocycles. The number of hydrogen-bond donors (Lipinski definition) is 2. The number of amides is 1. The van der Waals surface area contributed by atoms with Crippen LogP contribution in [0.3, 0.4) is 0 Å². The molecule has 1 heterocycles. The number of nitrogens with one attached hydrogen (secondary N) is 1. The van der Waals surface area contributed by atoms with Crippen molar-refractivity contribution < 1.29 is 9.18 Å². The molecule has 0 aliphatic carbocycles. The summed E-state index contributed by atoms with van der Waals surface area (Å²) >= 11 is 0. The summed E-state index contributed by atoms with van der Waals surface area (Å²) in [5.41, 5.74) is 6.15. The van der Waals surface area contributed by atoms with Gasteiger partial charge in [-0.1, -0.05) is 0 Å². The molecule has 0 aromatic heterocycles. The van der Waals surface area contributed by atoms with Gasteiger partial charge in [0.05, 0.1) is 6.54 Å². The Morgan fingerprint density at radius 3 is 2.18 bits per heavy atom. The largest absolute Gasteiger partial charge is 0.329 e. The van der Waals surface area contributed by atoms with E-state index < -0.39 is 0 Å². The first kappa shape index (κ1) is 21.1. The van der Waals surface area contributed by atoms with E-state index >= 15 is 0 Å². The van der Waals surface area contributed by atoms with Crippen LogP contribution in [0.25, 0.3) is 0 Å². The molecular formula is C14H23Cl2FN4O. The van der Waals surface area contributed by atoms with Gasteiger partial charge in [-0.25, -0.2) is 4.39 Å². The third-order valence-corrected chi connectivity index (χ3v) is 3.41. The first-order valence-electron chi connectivity index (χ1n) is 6.87. The fraction of sp³-hybridized carbons (Fsp3) is 0.500. The molecular weight excluding hydrogens is 330 g/mol. The minimum Gasteiger partial charge on any atom is -0.329 e. The molecule has 1 aliphatic heterocycles. The van der Waals surface area contributed by atoms with Crippen molar-refractivity contribution in [1.29, 1.82) is 0 Å². The van der Waals surface area contributed by atoms with Gasteiger partial charge in [0, 0.05) is 45.0 Å². The van der Waals surface area contributed by atoms with E-state index in [-0.39, 0.29) is 36.5 Å². The van der Waals surface area contributed by atoms with Gasteiger partial charge in [0.25, 0.3) is 0 Å². The first-order valence-corrected chi connectivity index (χ1v) is 6.87. The normalized spacial score (nSPS) is 15.5. The lowest BCUT2D eigenvalue weighted by atomic mass is 10.3. The number of nitrogens with two attached hydrogens (primary N) is 1. The summed E-state index contributed by atoms with van der Waals surface area (Å²) < 4.78 is 12.8. The van der Waals surface area contributed by atoms with E-state index in [1.165, 1.54) is 12.1 Å². The predicted octanol–water partition coefficient (Wildman–Crippen LogP) is 1.18. The van der Waals surface area contributed by atoms with Crippen LogP contribution >= 0.6 is 24.8 Å². The van der Waals surface area contributed by atoms with Crippen LogP contribution in [0, 0.1) is 5.82 Å². The number of halogens is 3. The molecule has 0 bridgehead atoms. The van der Waals surface area contributed by atoms with Crippen LogP contribution < -0.4 is 11.1 Å². The Kier molecular flexibility index (Phi) is 10.3. The summed E-state index contributed by atoms with van der Waals surface area (Å²) in [5.74, 6) is -0.372. The standard InChI is InChI=1S/C14H21FN4O.2ClH/c15-12-1-3-13(4-2-12)17-14(20)11-19-9-7-18(6-5-16)8-10-19;;/h1-4H,5-11,16H2,(H,17,20);2*1H. The molecule has 2 rings (SSSR count). The van der Waals surface area contributed by atoms with Crippen molar-refractivity contribution in [3.63, 3.8) is 0 Å². The van der Waals surface area contributed by atoms with E-state index in [9.17, 15) is 9.18 Å². The highest BCUT2D eigenvalue weighted by Gasteiger charge is 2.18. The molecule has 1 aromatic rings. The van der Waals surface area contributed by atoms with Gasteiger partial charge in [0.15, 0.2) is 0 Å². The quantitative estimate of drug-likeness (QED) is 0.835. The van der Waals surface area contributed by atoms with Crippen LogP contribution in [0.5, 0.6) is 0 Å². The number of anilines is 1. The molecule has 1 aromatic carbocycles. The third kappa shape index (κ3) is 6.89. The lowest BCUT2D eigenvalue weighted by molar-refractivity contribution is -0.117. The van der Waals surface area contributed by atoms with Crippen LogP contribution in [0.4, 0.5) is 10.1 Å². The third-order valence-electron chi connectivity index (χ3n) is 3.41. The lowest BCUT2D eigenvalue weighted by Gasteiger charge is -2.33. The zero-order chi connectivity index (χ0) is 14.4. The smallest absolute Gasteiger partial charge is 0.238 e. The van der Waals surface area contributed by atoms with Gasteiger partial charge >= 0.3 is 0 Å². The topological polar surface area (TPSA) is 61.6 Å². The lowest BCUT2D eigenvalue weighted by Crippen LogP contribution is -2.49. The highest BCUT2D eigenvalue weighted by Crippen LogP contribution is 2.08. The van der Waals surface area contributed by atoms with Gasteiger partial charge < -0.3 is 11.1 Å². The number of nitrogens with zero attached hydrogens (tertiary/aromatic N) is 2. The molecule has 3 N–H and O–H groups in total. The Labute approximate surface area is 142 Å². The average Bonchev–Trinajstić information content (AvgIpc) is 2.44. The minimum atomic E-state index is -0.306. The van der Waals surface area contributed by atoms with Crippen molar-refractivity contribution in [3.05, 3.63) is 30.1 Å². The first-order chi connectivity index (χ1) is 9.67. The van der Waals surface area contributed by atoms with Crippen molar-refractivity contribution in [2.75, 3.05) is 51.1 Å². The summed E-state index contributed by atoms with van der Waals surface area (Å²) in [5, 5.41) is 2.77. The fourth-order valence-electron chi connectivity index (χ4n) is 2.29. The van der Waals surface area contributed by atoms with Gasteiger partial charge in [0.2, 0.25) is 5.91 Å². The molecule has 0 saturated carbocycles. The summed E-state index contributed by atoms with van der Waals surface area (Å²) in [6.07, 6.45) is 0.